The first-order valence-corrected chi connectivity index (χ1v) is 13.9. The molecule has 2 heterocycles. The van der Waals surface area contributed by atoms with E-state index < -0.39 is 16.1 Å². The number of morpholine rings is 1. The van der Waals surface area contributed by atoms with Gasteiger partial charge in [-0.2, -0.15) is 13.5 Å². The molecule has 33 heavy (non-hydrogen) atoms. The third-order valence-electron chi connectivity index (χ3n) is 6.83. The lowest BCUT2D eigenvalue weighted by molar-refractivity contribution is -0.125. The van der Waals surface area contributed by atoms with Crippen molar-refractivity contribution in [2.45, 2.75) is 62.4 Å². The Kier molecular flexibility index (Phi) is 7.64. The summed E-state index contributed by atoms with van der Waals surface area (Å²) in [7, 11) is -3.96. The largest absolute Gasteiger partial charge is 0.379 e. The minimum absolute atomic E-state index is 0.0456. The summed E-state index contributed by atoms with van der Waals surface area (Å²) < 4.78 is 42.8. The standard InChI is InChI=1S/C22H33N5O4S2/c1-16(2)19(26-33(29,30)18-8-6-7-17-20(18)25-32-24-17)21(28)23-15-22(9-4-3-5-10-22)27-11-13-31-14-12-27/h6-8,16,19,26H,3-5,9-15H2,1-2H3,(H,23,28). The predicted octanol–water partition coefficient (Wildman–Crippen LogP) is 2.15. The first-order chi connectivity index (χ1) is 15.8. The number of aromatic nitrogens is 2. The maximum atomic E-state index is 13.3. The molecule has 0 radical (unpaired) electrons. The van der Waals surface area contributed by atoms with Crippen LogP contribution in [0.1, 0.15) is 46.0 Å². The summed E-state index contributed by atoms with van der Waals surface area (Å²) in [4.78, 5) is 15.8. The van der Waals surface area contributed by atoms with Crippen LogP contribution in [-0.4, -0.2) is 72.4 Å². The van der Waals surface area contributed by atoms with Crippen LogP contribution in [0.2, 0.25) is 0 Å². The van der Waals surface area contributed by atoms with E-state index in [1.807, 2.05) is 13.8 Å². The van der Waals surface area contributed by atoms with Crippen LogP contribution in [0.25, 0.3) is 11.0 Å². The quantitative estimate of drug-likeness (QED) is 0.577. The normalized spacial score (nSPS) is 20.7. The van der Waals surface area contributed by atoms with Crippen molar-refractivity contribution >= 4 is 38.7 Å². The Labute approximate surface area is 199 Å². The highest BCUT2D eigenvalue weighted by molar-refractivity contribution is 7.89. The van der Waals surface area contributed by atoms with Gasteiger partial charge in [-0.1, -0.05) is 39.2 Å². The molecule has 1 aliphatic heterocycles. The lowest BCUT2D eigenvalue weighted by Gasteiger charge is -2.48. The number of nitrogens with zero attached hydrogens (tertiary/aromatic N) is 3. The Morgan fingerprint density at radius 3 is 2.61 bits per heavy atom. The van der Waals surface area contributed by atoms with Gasteiger partial charge in [0.25, 0.3) is 0 Å². The van der Waals surface area contributed by atoms with Crippen LogP contribution < -0.4 is 10.0 Å². The zero-order valence-corrected chi connectivity index (χ0v) is 20.9. The lowest BCUT2D eigenvalue weighted by atomic mass is 9.79. The SMILES string of the molecule is CC(C)C(NS(=O)(=O)c1cccc2nsnc12)C(=O)NCC1(N2CCOCC2)CCCCC1. The van der Waals surface area contributed by atoms with Crippen molar-refractivity contribution in [3.8, 4) is 0 Å². The molecule has 1 atom stereocenters. The van der Waals surface area contributed by atoms with Gasteiger partial charge in [0.2, 0.25) is 15.9 Å². The molecule has 4 rings (SSSR count). The van der Waals surface area contributed by atoms with Crippen LogP contribution in [-0.2, 0) is 19.6 Å². The van der Waals surface area contributed by atoms with Crippen LogP contribution in [0.15, 0.2) is 23.1 Å². The van der Waals surface area contributed by atoms with Crippen molar-refractivity contribution in [1.29, 1.82) is 0 Å². The molecule has 2 N–H and O–H groups in total. The number of amides is 1. The molecule has 1 aromatic heterocycles. The lowest BCUT2D eigenvalue weighted by Crippen LogP contribution is -2.61. The van der Waals surface area contributed by atoms with E-state index >= 15 is 0 Å². The highest BCUT2D eigenvalue weighted by atomic mass is 32.2. The summed E-state index contributed by atoms with van der Waals surface area (Å²) >= 11 is 0.967. The number of hydrogen-bond acceptors (Lipinski definition) is 8. The molecular weight excluding hydrogens is 462 g/mol. The minimum Gasteiger partial charge on any atom is -0.379 e. The third-order valence-corrected chi connectivity index (χ3v) is 8.84. The predicted molar refractivity (Wildman–Crippen MR) is 128 cm³/mol. The maximum Gasteiger partial charge on any atom is 0.243 e. The topological polar surface area (TPSA) is 114 Å². The van der Waals surface area contributed by atoms with Gasteiger partial charge in [-0.25, -0.2) is 8.42 Å². The van der Waals surface area contributed by atoms with E-state index in [1.165, 1.54) is 12.5 Å². The van der Waals surface area contributed by atoms with E-state index in [9.17, 15) is 13.2 Å². The molecule has 1 aromatic carbocycles. The summed E-state index contributed by atoms with van der Waals surface area (Å²) in [6.07, 6.45) is 5.55. The van der Waals surface area contributed by atoms with E-state index in [4.69, 9.17) is 4.74 Å². The average Bonchev–Trinajstić information content (AvgIpc) is 3.31. The molecule has 1 unspecified atom stereocenters. The average molecular weight is 496 g/mol. The number of carbonyl (C=O) groups is 1. The summed E-state index contributed by atoms with van der Waals surface area (Å²) in [5.74, 6) is -0.520. The molecule has 1 saturated carbocycles. The Bertz CT molecular complexity index is 1060. The molecular formula is C22H33N5O4S2. The minimum atomic E-state index is -3.96. The molecule has 0 spiro atoms. The van der Waals surface area contributed by atoms with Gasteiger partial charge in [-0.3, -0.25) is 9.69 Å². The monoisotopic (exact) mass is 495 g/mol. The molecule has 0 bridgehead atoms. The molecule has 1 amide bonds. The Hall–Kier alpha value is -1.66. The molecule has 1 aliphatic carbocycles. The molecule has 2 aliphatic rings. The molecule has 2 fully saturated rings. The number of ether oxygens (including phenoxy) is 1. The van der Waals surface area contributed by atoms with Crippen LogP contribution in [0.3, 0.4) is 0 Å². The molecule has 11 heteroatoms. The zero-order valence-electron chi connectivity index (χ0n) is 19.2. The van der Waals surface area contributed by atoms with Gasteiger partial charge in [-0.15, -0.1) is 0 Å². The van der Waals surface area contributed by atoms with Crippen molar-refractivity contribution in [3.63, 3.8) is 0 Å². The fourth-order valence-electron chi connectivity index (χ4n) is 4.94. The number of rotatable bonds is 8. The molecule has 1 saturated heterocycles. The van der Waals surface area contributed by atoms with Crippen molar-refractivity contribution in [2.24, 2.45) is 5.92 Å². The van der Waals surface area contributed by atoms with Gasteiger partial charge in [0.15, 0.2) is 0 Å². The van der Waals surface area contributed by atoms with Crippen molar-refractivity contribution in [1.82, 2.24) is 23.7 Å². The smallest absolute Gasteiger partial charge is 0.243 e. The van der Waals surface area contributed by atoms with Crippen molar-refractivity contribution in [2.75, 3.05) is 32.8 Å². The van der Waals surface area contributed by atoms with Crippen LogP contribution in [0.5, 0.6) is 0 Å². The highest BCUT2D eigenvalue weighted by Crippen LogP contribution is 2.34. The number of carbonyl (C=O) groups excluding carboxylic acids is 1. The van der Waals surface area contributed by atoms with Crippen LogP contribution >= 0.6 is 11.7 Å². The summed E-state index contributed by atoms with van der Waals surface area (Å²) in [6.45, 7) is 7.35. The van der Waals surface area contributed by atoms with Crippen molar-refractivity contribution < 1.29 is 17.9 Å². The van der Waals surface area contributed by atoms with Gasteiger partial charge in [0.1, 0.15) is 22.0 Å². The molecule has 2 aromatic rings. The Morgan fingerprint density at radius 2 is 1.91 bits per heavy atom. The Balaban J connectivity index is 1.49. The fourth-order valence-corrected chi connectivity index (χ4v) is 7.05. The van der Waals surface area contributed by atoms with Gasteiger partial charge >= 0.3 is 0 Å². The fraction of sp³-hybridized carbons (Fsp3) is 0.682. The zero-order chi connectivity index (χ0) is 23.5. The number of benzene rings is 1. The van der Waals surface area contributed by atoms with Gasteiger partial charge in [0.05, 0.1) is 24.9 Å². The molecule has 9 nitrogen and oxygen atoms in total. The van der Waals surface area contributed by atoms with E-state index in [2.05, 4.69) is 23.7 Å². The summed E-state index contributed by atoms with van der Waals surface area (Å²) in [5, 5.41) is 3.10. The van der Waals surface area contributed by atoms with Crippen molar-refractivity contribution in [3.05, 3.63) is 18.2 Å². The number of hydrogen-bond donors (Lipinski definition) is 2. The Morgan fingerprint density at radius 1 is 1.18 bits per heavy atom. The van der Waals surface area contributed by atoms with Crippen LogP contribution in [0.4, 0.5) is 0 Å². The number of sulfonamides is 1. The van der Waals surface area contributed by atoms with E-state index in [0.29, 0.717) is 30.8 Å². The molecule has 182 valence electrons. The van der Waals surface area contributed by atoms with Gasteiger partial charge in [0, 0.05) is 25.2 Å². The maximum absolute atomic E-state index is 13.3. The summed E-state index contributed by atoms with van der Waals surface area (Å²) in [5.41, 5.74) is 0.764. The summed E-state index contributed by atoms with van der Waals surface area (Å²) in [6, 6.07) is 3.97. The van der Waals surface area contributed by atoms with Crippen LogP contribution in [0, 0.1) is 5.92 Å². The first-order valence-electron chi connectivity index (χ1n) is 11.7. The van der Waals surface area contributed by atoms with Gasteiger partial charge in [-0.05, 0) is 30.9 Å². The number of fused-ring (bicyclic) bond motifs is 1. The first kappa shape index (κ1) is 24.5. The van der Waals surface area contributed by atoms with E-state index in [0.717, 1.165) is 50.5 Å². The van der Waals surface area contributed by atoms with E-state index in [-0.39, 0.29) is 22.3 Å². The number of nitrogens with one attached hydrogen (secondary N) is 2. The highest BCUT2D eigenvalue weighted by Gasteiger charge is 2.40. The second-order valence-electron chi connectivity index (χ2n) is 9.33. The second-order valence-corrected chi connectivity index (χ2v) is 11.5. The van der Waals surface area contributed by atoms with E-state index in [1.54, 1.807) is 12.1 Å². The third kappa shape index (κ3) is 5.37. The second kappa shape index (κ2) is 10.3. The van der Waals surface area contributed by atoms with Gasteiger partial charge < -0.3 is 10.1 Å².